The van der Waals surface area contributed by atoms with Gasteiger partial charge < -0.3 is 88.1 Å². The lowest BCUT2D eigenvalue weighted by molar-refractivity contribution is -0.110. The number of hydrogen-bond donors (Lipinski definition) is 1. The number of ether oxygens (including phenoxy) is 6. The van der Waals surface area contributed by atoms with Gasteiger partial charge in [0.2, 0.25) is 58.3 Å². The van der Waals surface area contributed by atoms with Crippen LogP contribution in [-0.2, 0) is 52.7 Å². The number of thioether (sulfide) groups is 8. The molecule has 0 bridgehead atoms. The molecule has 5 aliphatic rings. The molecule has 10 aromatic heterocycles. The van der Waals surface area contributed by atoms with Crippen molar-refractivity contribution in [2.45, 2.75) is 284 Å². The van der Waals surface area contributed by atoms with Gasteiger partial charge >= 0.3 is 35.9 Å². The van der Waals surface area contributed by atoms with Crippen LogP contribution in [0.2, 0.25) is 39.3 Å². The third kappa shape index (κ3) is 46.6. The average molecular weight is 2470 g/mol. The second kappa shape index (κ2) is 61.5. The molecule has 1 atom stereocenters. The van der Waals surface area contributed by atoms with Gasteiger partial charge in [0.15, 0.2) is 56.9 Å². The Bertz CT molecular complexity index is 5870. The number of rotatable bonds is 26. The fourth-order valence-corrected chi connectivity index (χ4v) is 24.7. The Morgan fingerprint density at radius 1 is 0.443 bits per heavy atom. The molecule has 4 fully saturated rings. The zero-order valence-corrected chi connectivity index (χ0v) is 104. The summed E-state index contributed by atoms with van der Waals surface area (Å²) in [5, 5.41) is 0.284. The van der Waals surface area contributed by atoms with E-state index in [4.69, 9.17) is 102 Å². The molecule has 2 N–H and O–H groups in total. The first-order chi connectivity index (χ1) is 70.0. The molecule has 49 heteroatoms. The number of aromatic nitrogens is 10. The van der Waals surface area contributed by atoms with Crippen LogP contribution in [0.1, 0.15) is 287 Å². The molecule has 14 heterocycles. The molecule has 149 heavy (non-hydrogen) atoms. The third-order valence-electron chi connectivity index (χ3n) is 18.9. The van der Waals surface area contributed by atoms with Crippen molar-refractivity contribution in [3.05, 3.63) is 125 Å². The molecule has 15 rings (SSSR count). The summed E-state index contributed by atoms with van der Waals surface area (Å²) in [6, 6.07) is 0.529. The van der Waals surface area contributed by atoms with Crippen LogP contribution < -0.4 is 10.5 Å². The maximum absolute atomic E-state index is 12.3. The molecule has 824 valence electrons. The lowest BCUT2D eigenvalue weighted by atomic mass is 10.1. The number of alkyl halides is 1. The maximum Gasteiger partial charge on any atom is 0.393 e. The van der Waals surface area contributed by atoms with Crippen molar-refractivity contribution in [1.29, 1.82) is 0 Å². The SMILES string of the molecule is BrBr.C#C[Si](C)(C)C.C1=CCCCC1.CC(C)(C)OC(=O)c1coc(-c2nc(C3SCCCS3)oc2CBr)n1.CC(C)(C)OC(=O)c1coc(-c2nc(C3SCCCS3)oc2C[Si](C)(C)C)n1.CCC(N)c1nc(-c2nc(-c3nc(C(=O)OC(C)(C)C)co3)c(CCN(C)C)o2)co1.CN(C)CCc1oc(C2SCCCS2)nc1-c1nc(C(=O)OC(C)(C)C)co1.COc1nc(C(=O)OC(C)(C)C)co1.O=C(Cl)C1SCCCS1. The van der Waals surface area contributed by atoms with Crippen LogP contribution in [0.5, 0.6) is 6.08 Å². The summed E-state index contributed by atoms with van der Waals surface area (Å²) in [5.74, 6) is 12.7. The van der Waals surface area contributed by atoms with E-state index in [1.165, 1.54) is 96.1 Å². The van der Waals surface area contributed by atoms with E-state index in [-0.39, 0.29) is 87.7 Å². The normalized spacial score (nSPS) is 15.2. The van der Waals surface area contributed by atoms with Crippen LogP contribution in [-0.4, -0.2) is 238 Å². The van der Waals surface area contributed by atoms with Crippen molar-refractivity contribution in [3.63, 3.8) is 0 Å². The standard InChI is InChI=1S/C21H29N5O5.C19H27N3O4S2.C19H28N2O4S2Si.C16H19BrN2O4S2.C9H13NO4.C6H10.C5H7ClOS2.C5H10Si.Br2/c1-7-12(22)17-23-13(10-28-17)18-25-16(15(30-18)8-9-26(5)6)19-24-14(11-29-19)20(27)31-21(2,3)4;1-19(2,3)26-17(23)12-11-24-15(20-12)14-13(7-8-22(4)5)25-16(21-14)18-27-9-6-10-28-18;1-19(2,3)25-17(22)12-10-23-15(20-12)14-13(11-28(4,5)6)24-16(21-14)18-26-8-7-9-27-18;1-16(2,3)23-14(20)9-8-21-12(18-9)11-10(7-17)22-13(19-11)15-24-5-4-6-25-15;1-9(2,3)14-7(11)6-5-13-8(10-6)12-4;1-2-4-6-5-3-1;6-4(7)5-8-2-1-3-9-5;1-5-6(2,3)4;1-2/h10-12H,7-9,22H2,1-6H3;11,18H,6-10H2,1-5H3;10,18H,7-9,11H2,1-6H3;8,15H,4-7H2,1-3H3;5H,1-4H3;1-2H,3-6H2;5H,1-3H2;1H,2-4H3;. The molecule has 0 aromatic carbocycles. The quantitative estimate of drug-likeness (QED) is 0.0100. The number of allylic oxidation sites excluding steroid dienone is 2. The summed E-state index contributed by atoms with van der Waals surface area (Å²) in [6.07, 6.45) is 29.8. The van der Waals surface area contributed by atoms with Crippen molar-refractivity contribution in [1.82, 2.24) is 59.6 Å². The molecule has 1 aliphatic carbocycles. The first kappa shape index (κ1) is 129. The molecule has 1 unspecified atom stereocenters. The highest BCUT2D eigenvalue weighted by molar-refractivity contribution is 9.93. The van der Waals surface area contributed by atoms with E-state index in [0.717, 1.165) is 76.0 Å². The Hall–Kier alpha value is -6.94. The topological polar surface area (TPSA) is 451 Å². The molecule has 0 amide bonds. The van der Waals surface area contributed by atoms with Gasteiger partial charge in [-0.05, 0) is 247 Å². The molecule has 10 aromatic rings. The number of methoxy groups -OCH3 is 1. The van der Waals surface area contributed by atoms with Gasteiger partial charge in [-0.2, -0.15) is 4.98 Å². The summed E-state index contributed by atoms with van der Waals surface area (Å²) >= 11 is 28.6. The molecule has 0 saturated carbocycles. The van der Waals surface area contributed by atoms with Gasteiger partial charge in [-0.15, -0.1) is 106 Å². The number of hydrogen-bond acceptors (Lipinski definition) is 43. The van der Waals surface area contributed by atoms with E-state index in [9.17, 15) is 28.8 Å². The van der Waals surface area contributed by atoms with Crippen LogP contribution in [0.3, 0.4) is 0 Å². The van der Waals surface area contributed by atoms with Gasteiger partial charge in [-0.1, -0.05) is 74.3 Å². The number of nitrogens with zero attached hydrogens (tertiary/aromatic N) is 12. The van der Waals surface area contributed by atoms with Gasteiger partial charge in [0.1, 0.15) is 115 Å². The number of terminal acetylenes is 1. The van der Waals surface area contributed by atoms with Crippen molar-refractivity contribution < 1.29 is 101 Å². The Kier molecular flexibility index (Phi) is 53.3. The zero-order valence-electron chi connectivity index (χ0n) is 90.0. The molecule has 35 nitrogen and oxygen atoms in total. The first-order valence-corrected chi connectivity index (χ1v) is 69.2. The summed E-state index contributed by atoms with van der Waals surface area (Å²) in [5.41, 5.74) is 8.88. The fourth-order valence-electron chi connectivity index (χ4n) is 12.2. The molecule has 4 saturated heterocycles. The number of carbonyl (C=O) groups excluding carboxylic acids is 6. The van der Waals surface area contributed by atoms with Gasteiger partial charge in [-0.25, -0.2) is 68.8 Å². The number of oxazole rings is 10. The molecule has 4 aliphatic heterocycles. The van der Waals surface area contributed by atoms with Crippen molar-refractivity contribution >= 4 is 201 Å². The monoisotopic (exact) mass is 2460 g/mol. The van der Waals surface area contributed by atoms with Gasteiger partial charge in [-0.3, -0.25) is 4.79 Å². The predicted octanol–water partition coefficient (Wildman–Crippen LogP) is 27.2. The third-order valence-corrected chi connectivity index (χ3v) is 33.7. The first-order valence-electron chi connectivity index (χ1n) is 48.4. The number of halogens is 4. The summed E-state index contributed by atoms with van der Waals surface area (Å²) in [6.45, 7) is 43.8. The number of nitrogens with two attached hydrogens (primary N) is 1. The number of esters is 5. The second-order valence-electron chi connectivity index (χ2n) is 41.4. The van der Waals surface area contributed by atoms with Crippen LogP contribution in [0.15, 0.2) is 93.9 Å². The lowest BCUT2D eigenvalue weighted by Gasteiger charge is -2.18. The summed E-state index contributed by atoms with van der Waals surface area (Å²) in [4.78, 5) is 119. The molecular formula is C100H143Br3ClN13O22S8Si2. The van der Waals surface area contributed by atoms with Crippen molar-refractivity contribution in [2.24, 2.45) is 5.73 Å². The molecule has 0 radical (unpaired) electrons. The Labute approximate surface area is 939 Å². The Morgan fingerprint density at radius 2 is 0.752 bits per heavy atom. The largest absolute Gasteiger partial charge is 0.455 e. The highest BCUT2D eigenvalue weighted by atomic mass is 80.9. The maximum atomic E-state index is 12.3. The number of likely N-dealkylation sites (N-methyl/N-ethyl adjacent to an activating group) is 2. The second-order valence-corrected chi connectivity index (χ2v) is 63.4. The van der Waals surface area contributed by atoms with Crippen LogP contribution >= 0.6 is 150 Å². The minimum Gasteiger partial charge on any atom is -0.455 e. The van der Waals surface area contributed by atoms with Crippen LogP contribution in [0.4, 0.5) is 0 Å². The van der Waals surface area contributed by atoms with Gasteiger partial charge in [0.05, 0.1) is 26.6 Å². The van der Waals surface area contributed by atoms with E-state index in [0.29, 0.717) is 94.7 Å². The minimum absolute atomic E-state index is 0.0143. The summed E-state index contributed by atoms with van der Waals surface area (Å²) < 4.78 is 88.4. The van der Waals surface area contributed by atoms with Crippen LogP contribution in [0, 0.1) is 12.0 Å². The van der Waals surface area contributed by atoms with E-state index < -0.39 is 74.0 Å². The van der Waals surface area contributed by atoms with Crippen molar-refractivity contribution in [2.75, 3.05) is 94.4 Å². The Morgan fingerprint density at radius 3 is 1.04 bits per heavy atom. The Balaban J connectivity index is 0.000000241. The van der Waals surface area contributed by atoms with E-state index in [1.54, 1.807) is 85.8 Å². The fraction of sp³-hybridized carbons (Fsp3) is 0.600. The average Bonchev–Trinajstić information content (AvgIpc) is 1.68. The predicted molar refractivity (Wildman–Crippen MR) is 612 cm³/mol. The van der Waals surface area contributed by atoms with E-state index >= 15 is 0 Å². The van der Waals surface area contributed by atoms with Gasteiger partial charge in [0.25, 0.3) is 0 Å². The van der Waals surface area contributed by atoms with Crippen LogP contribution in [0.25, 0.3) is 57.9 Å². The minimum atomic E-state index is -1.45. The van der Waals surface area contributed by atoms with E-state index in [2.05, 4.69) is 151 Å². The number of carbonyl (C=O) groups is 6. The smallest absolute Gasteiger partial charge is 0.393 e. The molecule has 0 spiro atoms. The lowest BCUT2D eigenvalue weighted by Crippen LogP contribution is -2.24. The zero-order chi connectivity index (χ0) is 111. The summed E-state index contributed by atoms with van der Waals surface area (Å²) in [7, 11) is 6.78. The highest BCUT2D eigenvalue weighted by Gasteiger charge is 2.36. The van der Waals surface area contributed by atoms with Crippen molar-refractivity contribution in [3.8, 4) is 76.0 Å². The highest BCUT2D eigenvalue weighted by Crippen LogP contribution is 2.48. The van der Waals surface area contributed by atoms with Gasteiger partial charge in [0, 0.05) is 60.2 Å². The van der Waals surface area contributed by atoms with E-state index in [1.807, 2.05) is 152 Å². The molecular weight excluding hydrogens is 2320 g/mol.